The van der Waals surface area contributed by atoms with E-state index < -0.39 is 0 Å². The third kappa shape index (κ3) is 3.90. The summed E-state index contributed by atoms with van der Waals surface area (Å²) in [5.41, 5.74) is 1.14. The van der Waals surface area contributed by atoms with E-state index in [9.17, 15) is 4.39 Å². The molecule has 1 rings (SSSR count). The van der Waals surface area contributed by atoms with Crippen molar-refractivity contribution in [2.75, 3.05) is 6.61 Å². The Balaban J connectivity index is 2.71. The Hall–Kier alpha value is -1.05. The van der Waals surface area contributed by atoms with E-state index in [2.05, 4.69) is 6.92 Å². The second-order valence-electron chi connectivity index (χ2n) is 4.22. The average molecular weight is 210 g/mol. The number of ether oxygens (including phenoxy) is 1. The lowest BCUT2D eigenvalue weighted by Gasteiger charge is -2.10. The molecule has 0 aliphatic carbocycles. The van der Waals surface area contributed by atoms with Crippen LogP contribution < -0.4 is 4.74 Å². The summed E-state index contributed by atoms with van der Waals surface area (Å²) in [7, 11) is 0. The number of halogens is 1. The van der Waals surface area contributed by atoms with Gasteiger partial charge in [0.1, 0.15) is 0 Å². The van der Waals surface area contributed by atoms with Crippen molar-refractivity contribution >= 4 is 0 Å². The van der Waals surface area contributed by atoms with Crippen LogP contribution in [0.1, 0.15) is 32.8 Å². The highest BCUT2D eigenvalue weighted by Gasteiger charge is 2.05. The molecule has 1 aromatic carbocycles. The van der Waals surface area contributed by atoms with Gasteiger partial charge in [-0.15, -0.1) is 0 Å². The van der Waals surface area contributed by atoms with Crippen LogP contribution in [-0.2, 0) is 6.42 Å². The molecule has 0 unspecified atom stereocenters. The summed E-state index contributed by atoms with van der Waals surface area (Å²) >= 11 is 0. The molecule has 1 nitrogen and oxygen atoms in total. The fraction of sp³-hybridized carbons (Fsp3) is 0.538. The summed E-state index contributed by atoms with van der Waals surface area (Å²) in [6.07, 6.45) is 2.04. The first-order valence-corrected chi connectivity index (χ1v) is 5.54. The largest absolute Gasteiger partial charge is 0.490 e. The molecular weight excluding hydrogens is 191 g/mol. The maximum Gasteiger partial charge on any atom is 0.165 e. The van der Waals surface area contributed by atoms with Crippen LogP contribution in [0.2, 0.25) is 0 Å². The number of hydrogen-bond acceptors (Lipinski definition) is 1. The van der Waals surface area contributed by atoms with Crippen LogP contribution in [-0.4, -0.2) is 6.61 Å². The summed E-state index contributed by atoms with van der Waals surface area (Å²) < 4.78 is 18.7. The highest BCUT2D eigenvalue weighted by molar-refractivity contribution is 5.30. The minimum Gasteiger partial charge on any atom is -0.490 e. The molecule has 0 atom stereocenters. The van der Waals surface area contributed by atoms with Crippen LogP contribution in [0.3, 0.4) is 0 Å². The SMILES string of the molecule is CCCc1ccc(F)c(OCC(C)C)c1. The highest BCUT2D eigenvalue weighted by Crippen LogP contribution is 2.20. The zero-order chi connectivity index (χ0) is 11.3. The molecule has 0 N–H and O–H groups in total. The molecule has 0 aliphatic rings. The number of benzene rings is 1. The molecule has 15 heavy (non-hydrogen) atoms. The molecule has 0 aromatic heterocycles. The van der Waals surface area contributed by atoms with E-state index >= 15 is 0 Å². The molecule has 84 valence electrons. The Morgan fingerprint density at radius 1 is 1.33 bits per heavy atom. The van der Waals surface area contributed by atoms with E-state index in [-0.39, 0.29) is 5.82 Å². The van der Waals surface area contributed by atoms with Gasteiger partial charge in [0.15, 0.2) is 11.6 Å². The monoisotopic (exact) mass is 210 g/mol. The van der Waals surface area contributed by atoms with Crippen molar-refractivity contribution in [2.45, 2.75) is 33.6 Å². The zero-order valence-corrected chi connectivity index (χ0v) is 9.72. The summed E-state index contributed by atoms with van der Waals surface area (Å²) in [6.45, 7) is 6.77. The first-order chi connectivity index (χ1) is 7.13. The second kappa shape index (κ2) is 5.74. The van der Waals surface area contributed by atoms with E-state index in [0.717, 1.165) is 18.4 Å². The van der Waals surface area contributed by atoms with Gasteiger partial charge < -0.3 is 4.74 Å². The van der Waals surface area contributed by atoms with Crippen molar-refractivity contribution in [2.24, 2.45) is 5.92 Å². The minimum absolute atomic E-state index is 0.268. The van der Waals surface area contributed by atoms with Crippen molar-refractivity contribution in [1.82, 2.24) is 0 Å². The first kappa shape index (κ1) is 12.0. The van der Waals surface area contributed by atoms with Crippen LogP contribution in [0.15, 0.2) is 18.2 Å². The van der Waals surface area contributed by atoms with Crippen LogP contribution in [0.5, 0.6) is 5.75 Å². The molecule has 0 heterocycles. The van der Waals surface area contributed by atoms with Crippen LogP contribution in [0.4, 0.5) is 4.39 Å². The summed E-state index contributed by atoms with van der Waals surface area (Å²) in [6, 6.07) is 5.11. The van der Waals surface area contributed by atoms with E-state index in [1.54, 1.807) is 6.07 Å². The van der Waals surface area contributed by atoms with Gasteiger partial charge in [0.2, 0.25) is 0 Å². The number of aryl methyl sites for hydroxylation is 1. The second-order valence-corrected chi connectivity index (χ2v) is 4.22. The molecule has 0 bridgehead atoms. The number of hydrogen-bond donors (Lipinski definition) is 0. The molecular formula is C13H19FO. The molecule has 0 saturated carbocycles. The van der Waals surface area contributed by atoms with Crippen LogP contribution >= 0.6 is 0 Å². The first-order valence-electron chi connectivity index (χ1n) is 5.54. The van der Waals surface area contributed by atoms with Crippen molar-refractivity contribution in [1.29, 1.82) is 0 Å². The van der Waals surface area contributed by atoms with Gasteiger partial charge in [-0.05, 0) is 30.0 Å². The summed E-state index contributed by atoms with van der Waals surface area (Å²) in [5.74, 6) is 0.532. The van der Waals surface area contributed by atoms with Gasteiger partial charge in [-0.25, -0.2) is 4.39 Å². The predicted octanol–water partition coefficient (Wildman–Crippen LogP) is 3.81. The normalized spacial score (nSPS) is 10.7. The lowest BCUT2D eigenvalue weighted by Crippen LogP contribution is -2.06. The van der Waals surface area contributed by atoms with Crippen LogP contribution in [0, 0.1) is 11.7 Å². The Morgan fingerprint density at radius 3 is 2.67 bits per heavy atom. The van der Waals surface area contributed by atoms with Gasteiger partial charge in [-0.1, -0.05) is 33.3 Å². The molecule has 2 heteroatoms. The number of rotatable bonds is 5. The molecule has 0 amide bonds. The molecule has 1 aromatic rings. The Labute approximate surface area is 91.3 Å². The Bertz CT molecular complexity index is 307. The molecule has 0 saturated heterocycles. The molecule has 0 spiro atoms. The standard InChI is InChI=1S/C13H19FO/c1-4-5-11-6-7-12(14)13(8-11)15-9-10(2)3/h6-8,10H,4-5,9H2,1-3H3. The van der Waals surface area contributed by atoms with Gasteiger partial charge in [0.25, 0.3) is 0 Å². The molecule has 0 radical (unpaired) electrons. The highest BCUT2D eigenvalue weighted by atomic mass is 19.1. The molecule has 0 fully saturated rings. The van der Waals surface area contributed by atoms with Gasteiger partial charge >= 0.3 is 0 Å². The zero-order valence-electron chi connectivity index (χ0n) is 9.72. The van der Waals surface area contributed by atoms with Crippen molar-refractivity contribution in [3.63, 3.8) is 0 Å². The minimum atomic E-state index is -0.268. The Kier molecular flexibility index (Phi) is 4.60. The van der Waals surface area contributed by atoms with Crippen molar-refractivity contribution < 1.29 is 9.13 Å². The van der Waals surface area contributed by atoms with Crippen molar-refractivity contribution in [3.05, 3.63) is 29.6 Å². The predicted molar refractivity (Wildman–Crippen MR) is 60.7 cm³/mol. The van der Waals surface area contributed by atoms with Crippen molar-refractivity contribution in [3.8, 4) is 5.75 Å². The van der Waals surface area contributed by atoms with E-state index in [0.29, 0.717) is 18.3 Å². The van der Waals surface area contributed by atoms with E-state index in [1.165, 1.54) is 6.07 Å². The van der Waals surface area contributed by atoms with E-state index in [1.807, 2.05) is 19.9 Å². The van der Waals surface area contributed by atoms with Crippen LogP contribution in [0.25, 0.3) is 0 Å². The quantitative estimate of drug-likeness (QED) is 0.718. The summed E-state index contributed by atoms with van der Waals surface area (Å²) in [4.78, 5) is 0. The molecule has 0 aliphatic heterocycles. The lowest BCUT2D eigenvalue weighted by molar-refractivity contribution is 0.259. The maximum absolute atomic E-state index is 13.3. The van der Waals surface area contributed by atoms with Gasteiger partial charge in [-0.2, -0.15) is 0 Å². The third-order valence-corrected chi connectivity index (χ3v) is 2.11. The fourth-order valence-electron chi connectivity index (χ4n) is 1.36. The average Bonchev–Trinajstić information content (AvgIpc) is 2.19. The lowest BCUT2D eigenvalue weighted by atomic mass is 10.1. The smallest absolute Gasteiger partial charge is 0.165 e. The topological polar surface area (TPSA) is 9.23 Å². The van der Waals surface area contributed by atoms with Gasteiger partial charge in [0, 0.05) is 0 Å². The fourth-order valence-corrected chi connectivity index (χ4v) is 1.36. The Morgan fingerprint density at radius 2 is 2.07 bits per heavy atom. The third-order valence-electron chi connectivity index (χ3n) is 2.11. The van der Waals surface area contributed by atoms with Gasteiger partial charge in [-0.3, -0.25) is 0 Å². The van der Waals surface area contributed by atoms with Gasteiger partial charge in [0.05, 0.1) is 6.61 Å². The van der Waals surface area contributed by atoms with E-state index in [4.69, 9.17) is 4.74 Å². The summed E-state index contributed by atoms with van der Waals surface area (Å²) in [5, 5.41) is 0. The maximum atomic E-state index is 13.3.